The van der Waals surface area contributed by atoms with Gasteiger partial charge in [-0.3, -0.25) is 4.98 Å². The molecule has 1 N–H and O–H groups in total. The number of aromatic nitrogens is 1. The first-order chi connectivity index (χ1) is 14.3. The molecular weight excluding hydrogens is 354 g/mol. The van der Waals surface area contributed by atoms with Crippen molar-refractivity contribution in [3.8, 4) is 0 Å². The molecule has 3 aromatic rings. The second kappa shape index (κ2) is 8.22. The number of allylic oxidation sites excluding steroid dienone is 1. The Balaban J connectivity index is 1.20. The molecule has 2 heterocycles. The van der Waals surface area contributed by atoms with Gasteiger partial charge in [0.15, 0.2) is 0 Å². The third kappa shape index (κ3) is 4.10. The summed E-state index contributed by atoms with van der Waals surface area (Å²) in [7, 11) is 0. The van der Waals surface area contributed by atoms with Crippen LogP contribution in [0, 0.1) is 0 Å². The van der Waals surface area contributed by atoms with Crippen molar-refractivity contribution in [3.63, 3.8) is 0 Å². The highest BCUT2D eigenvalue weighted by atomic mass is 15.1. The number of nitrogens with one attached hydrogen (secondary N) is 1. The lowest BCUT2D eigenvalue weighted by Gasteiger charge is -2.34. The molecule has 0 saturated carbocycles. The molecule has 2 aromatic carbocycles. The summed E-state index contributed by atoms with van der Waals surface area (Å²) in [5.41, 5.74) is 8.21. The number of fused-ring (bicyclic) bond motifs is 1. The zero-order valence-corrected chi connectivity index (χ0v) is 16.7. The van der Waals surface area contributed by atoms with Gasteiger partial charge in [0.25, 0.3) is 0 Å². The van der Waals surface area contributed by atoms with Crippen LogP contribution in [0.2, 0.25) is 0 Å². The maximum atomic E-state index is 4.20. The predicted octanol–water partition coefficient (Wildman–Crippen LogP) is 4.94. The summed E-state index contributed by atoms with van der Waals surface area (Å²) < 4.78 is 0. The summed E-state index contributed by atoms with van der Waals surface area (Å²) in [6, 6.07) is 22.5. The van der Waals surface area contributed by atoms with Gasteiger partial charge >= 0.3 is 0 Å². The Morgan fingerprint density at radius 2 is 1.86 bits per heavy atom. The minimum absolute atomic E-state index is 0.585. The van der Waals surface area contributed by atoms with Crippen molar-refractivity contribution in [3.05, 3.63) is 95.3 Å². The molecule has 0 spiro atoms. The minimum atomic E-state index is 0.585. The van der Waals surface area contributed by atoms with Gasteiger partial charge in [-0.05, 0) is 65.3 Å². The molecule has 5 rings (SSSR count). The van der Waals surface area contributed by atoms with Gasteiger partial charge in [-0.1, -0.05) is 48.5 Å². The van der Waals surface area contributed by atoms with Crippen LogP contribution in [0.1, 0.15) is 35.1 Å². The van der Waals surface area contributed by atoms with Crippen molar-refractivity contribution in [2.75, 3.05) is 18.0 Å². The molecule has 0 atom stereocenters. The maximum absolute atomic E-state index is 4.20. The van der Waals surface area contributed by atoms with Crippen molar-refractivity contribution in [2.45, 2.75) is 31.8 Å². The van der Waals surface area contributed by atoms with Gasteiger partial charge in [0, 0.05) is 43.8 Å². The fourth-order valence-corrected chi connectivity index (χ4v) is 4.47. The van der Waals surface area contributed by atoms with Gasteiger partial charge in [0.1, 0.15) is 0 Å². The number of hydrogen-bond acceptors (Lipinski definition) is 3. The van der Waals surface area contributed by atoms with Crippen LogP contribution < -0.4 is 10.2 Å². The Morgan fingerprint density at radius 1 is 0.966 bits per heavy atom. The molecule has 0 amide bonds. The molecule has 0 radical (unpaired) electrons. The second-order valence-electron chi connectivity index (χ2n) is 8.10. The Morgan fingerprint density at radius 3 is 2.69 bits per heavy atom. The normalized spacial score (nSPS) is 16.6. The number of piperidine rings is 1. The van der Waals surface area contributed by atoms with Gasteiger partial charge in [-0.25, -0.2) is 0 Å². The van der Waals surface area contributed by atoms with E-state index in [4.69, 9.17) is 0 Å². The number of nitrogens with zero attached hydrogens (tertiary/aromatic N) is 2. The van der Waals surface area contributed by atoms with Crippen molar-refractivity contribution in [2.24, 2.45) is 0 Å². The van der Waals surface area contributed by atoms with Crippen LogP contribution >= 0.6 is 0 Å². The summed E-state index contributed by atoms with van der Waals surface area (Å²) in [4.78, 5) is 6.74. The van der Waals surface area contributed by atoms with E-state index in [1.165, 1.54) is 46.4 Å². The van der Waals surface area contributed by atoms with Crippen molar-refractivity contribution < 1.29 is 0 Å². The zero-order chi connectivity index (χ0) is 19.5. The molecule has 146 valence electrons. The lowest BCUT2D eigenvalue weighted by atomic mass is 10.0. The largest absolute Gasteiger partial charge is 0.371 e. The van der Waals surface area contributed by atoms with E-state index in [1.54, 1.807) is 0 Å². The Labute approximate surface area is 173 Å². The van der Waals surface area contributed by atoms with Crippen LogP contribution in [0.15, 0.2) is 73.1 Å². The highest BCUT2D eigenvalue weighted by molar-refractivity contribution is 5.89. The van der Waals surface area contributed by atoms with E-state index in [0.717, 1.165) is 26.1 Å². The van der Waals surface area contributed by atoms with Gasteiger partial charge in [-0.15, -0.1) is 0 Å². The highest BCUT2D eigenvalue weighted by Gasteiger charge is 2.20. The first kappa shape index (κ1) is 18.1. The first-order valence-corrected chi connectivity index (χ1v) is 10.6. The summed E-state index contributed by atoms with van der Waals surface area (Å²) in [5.74, 6) is 0. The molecule has 0 unspecified atom stereocenters. The third-order valence-corrected chi connectivity index (χ3v) is 6.16. The van der Waals surface area contributed by atoms with E-state index in [2.05, 4.69) is 75.9 Å². The smallest absolute Gasteiger partial charge is 0.0372 e. The number of benzene rings is 2. The SMILES string of the molecule is C1=C(c2cccc(N3CCC(NCc4cccnc4)CC3)c2)Cc2ccccc21. The maximum Gasteiger partial charge on any atom is 0.0372 e. The molecule has 1 aromatic heterocycles. The predicted molar refractivity (Wildman–Crippen MR) is 121 cm³/mol. The monoisotopic (exact) mass is 381 g/mol. The molecule has 3 nitrogen and oxygen atoms in total. The average Bonchev–Trinajstić information content (AvgIpc) is 3.23. The first-order valence-electron chi connectivity index (χ1n) is 10.6. The lowest BCUT2D eigenvalue weighted by Crippen LogP contribution is -2.42. The summed E-state index contributed by atoms with van der Waals surface area (Å²) >= 11 is 0. The van der Waals surface area contributed by atoms with Crippen LogP contribution in [0.4, 0.5) is 5.69 Å². The fraction of sp³-hybridized carbons (Fsp3) is 0.269. The van der Waals surface area contributed by atoms with E-state index in [0.29, 0.717) is 6.04 Å². The van der Waals surface area contributed by atoms with Gasteiger partial charge in [0.2, 0.25) is 0 Å². The molecule has 1 saturated heterocycles. The van der Waals surface area contributed by atoms with E-state index in [-0.39, 0.29) is 0 Å². The molecule has 29 heavy (non-hydrogen) atoms. The quantitative estimate of drug-likeness (QED) is 0.679. The van der Waals surface area contributed by atoms with Crippen LogP contribution in [0.3, 0.4) is 0 Å². The molecule has 1 aliphatic heterocycles. The van der Waals surface area contributed by atoms with Crippen LogP contribution in [0.25, 0.3) is 11.6 Å². The summed E-state index contributed by atoms with van der Waals surface area (Å²) in [6.07, 6.45) is 9.53. The summed E-state index contributed by atoms with van der Waals surface area (Å²) in [6.45, 7) is 3.11. The van der Waals surface area contributed by atoms with Crippen LogP contribution in [0.5, 0.6) is 0 Å². The van der Waals surface area contributed by atoms with Gasteiger partial charge in [0.05, 0.1) is 0 Å². The zero-order valence-electron chi connectivity index (χ0n) is 16.7. The van der Waals surface area contributed by atoms with Crippen molar-refractivity contribution in [1.29, 1.82) is 0 Å². The van der Waals surface area contributed by atoms with E-state index < -0.39 is 0 Å². The van der Waals surface area contributed by atoms with E-state index >= 15 is 0 Å². The van der Waals surface area contributed by atoms with Crippen LogP contribution in [-0.4, -0.2) is 24.1 Å². The molecule has 3 heteroatoms. The molecule has 0 bridgehead atoms. The van der Waals surface area contributed by atoms with E-state index in [9.17, 15) is 0 Å². The second-order valence-corrected chi connectivity index (χ2v) is 8.10. The van der Waals surface area contributed by atoms with Gasteiger partial charge < -0.3 is 10.2 Å². The van der Waals surface area contributed by atoms with Crippen molar-refractivity contribution >= 4 is 17.3 Å². The topological polar surface area (TPSA) is 28.2 Å². The highest BCUT2D eigenvalue weighted by Crippen LogP contribution is 2.33. The lowest BCUT2D eigenvalue weighted by molar-refractivity contribution is 0.414. The minimum Gasteiger partial charge on any atom is -0.371 e. The van der Waals surface area contributed by atoms with E-state index in [1.807, 2.05) is 18.5 Å². The Kier molecular flexibility index (Phi) is 5.14. The summed E-state index contributed by atoms with van der Waals surface area (Å²) in [5, 5.41) is 3.70. The third-order valence-electron chi connectivity index (χ3n) is 6.16. The molecular formula is C26H27N3. The number of rotatable bonds is 5. The molecule has 1 fully saturated rings. The van der Waals surface area contributed by atoms with Gasteiger partial charge in [-0.2, -0.15) is 0 Å². The van der Waals surface area contributed by atoms with Crippen molar-refractivity contribution in [1.82, 2.24) is 10.3 Å². The van der Waals surface area contributed by atoms with Crippen LogP contribution in [-0.2, 0) is 13.0 Å². The number of hydrogen-bond donors (Lipinski definition) is 1. The Bertz CT molecular complexity index is 1000. The fourth-order valence-electron chi connectivity index (χ4n) is 4.47. The standard InChI is InChI=1S/C26H27N3/c1-2-7-22-16-24(15-21(22)6-1)23-8-3-9-26(17-23)29-13-10-25(11-14-29)28-19-20-5-4-12-27-18-20/h1-9,12,15,17-18,25,28H,10-11,13-14,16,19H2. The average molecular weight is 382 g/mol. The molecule has 1 aliphatic carbocycles. The Hall–Kier alpha value is -2.91. The number of pyridine rings is 1. The molecule has 2 aliphatic rings. The number of anilines is 1.